The number of nitrogens with zero attached hydrogens (tertiary/aromatic N) is 1. The van der Waals surface area contributed by atoms with Gasteiger partial charge in [-0.1, -0.05) is 54.6 Å². The lowest BCUT2D eigenvalue weighted by Crippen LogP contribution is -2.39. The average Bonchev–Trinajstić information content (AvgIpc) is 2.83. The Morgan fingerprint density at radius 3 is 2.50 bits per heavy atom. The van der Waals surface area contributed by atoms with Crippen molar-refractivity contribution in [1.82, 2.24) is 0 Å². The number of hydrogen-bond donors (Lipinski definition) is 0. The number of fused-ring (bicyclic) bond motifs is 1. The van der Waals surface area contributed by atoms with E-state index in [4.69, 9.17) is 14.2 Å². The number of carboxylic acid groups (broad SMARTS) is 1. The molecule has 1 aliphatic heterocycles. The van der Waals surface area contributed by atoms with Crippen LogP contribution in [0.4, 0.5) is 5.69 Å². The molecule has 0 aliphatic carbocycles. The highest BCUT2D eigenvalue weighted by Gasteiger charge is 2.17. The number of para-hydroxylation sites is 2. The van der Waals surface area contributed by atoms with Gasteiger partial charge in [-0.15, -0.1) is 0 Å². The average molecular weight is 432 g/mol. The Hall–Kier alpha value is -3.51. The summed E-state index contributed by atoms with van der Waals surface area (Å²) in [5, 5.41) is 11.5. The van der Waals surface area contributed by atoms with Crippen LogP contribution < -0.4 is 19.5 Å². The molecule has 1 heterocycles. The van der Waals surface area contributed by atoms with Crippen LogP contribution in [-0.2, 0) is 22.6 Å². The SMILES string of the molecule is O=C([O-])C(Cc1ccc(OCCN2CCOc3ccccc32)cc1)OCc1ccccc1. The smallest absolute Gasteiger partial charge is 0.142 e. The van der Waals surface area contributed by atoms with Crippen LogP contribution >= 0.6 is 0 Å². The molecule has 4 rings (SSSR count). The van der Waals surface area contributed by atoms with Crippen molar-refractivity contribution in [2.45, 2.75) is 19.1 Å². The number of benzene rings is 3. The largest absolute Gasteiger partial charge is 0.547 e. The van der Waals surface area contributed by atoms with E-state index in [2.05, 4.69) is 11.0 Å². The molecule has 1 aliphatic rings. The third kappa shape index (κ3) is 5.80. The van der Waals surface area contributed by atoms with Crippen molar-refractivity contribution in [3.8, 4) is 11.5 Å². The molecular weight excluding hydrogens is 406 g/mol. The van der Waals surface area contributed by atoms with Gasteiger partial charge in [0.25, 0.3) is 0 Å². The molecule has 3 aromatic carbocycles. The van der Waals surface area contributed by atoms with Crippen LogP contribution in [0.3, 0.4) is 0 Å². The third-order valence-corrected chi connectivity index (χ3v) is 5.36. The van der Waals surface area contributed by atoms with Crippen LogP contribution in [0.25, 0.3) is 0 Å². The van der Waals surface area contributed by atoms with Gasteiger partial charge in [-0.3, -0.25) is 0 Å². The Kier molecular flexibility index (Phi) is 7.25. The fourth-order valence-corrected chi connectivity index (χ4v) is 3.65. The molecule has 6 nitrogen and oxygen atoms in total. The van der Waals surface area contributed by atoms with E-state index >= 15 is 0 Å². The number of carbonyl (C=O) groups is 1. The fourth-order valence-electron chi connectivity index (χ4n) is 3.65. The number of carbonyl (C=O) groups excluding carboxylic acids is 1. The minimum Gasteiger partial charge on any atom is -0.547 e. The zero-order chi connectivity index (χ0) is 22.2. The summed E-state index contributed by atoms with van der Waals surface area (Å²) in [6.45, 7) is 3.01. The third-order valence-electron chi connectivity index (χ3n) is 5.36. The van der Waals surface area contributed by atoms with Crippen LogP contribution in [0, 0.1) is 0 Å². The Bertz CT molecular complexity index is 1010. The van der Waals surface area contributed by atoms with Gasteiger partial charge < -0.3 is 29.0 Å². The molecule has 0 saturated carbocycles. The lowest BCUT2D eigenvalue weighted by atomic mass is 10.1. The van der Waals surface area contributed by atoms with Gasteiger partial charge in [-0.2, -0.15) is 0 Å². The highest BCUT2D eigenvalue weighted by atomic mass is 16.5. The summed E-state index contributed by atoms with van der Waals surface area (Å²) in [7, 11) is 0. The second-order valence-corrected chi connectivity index (χ2v) is 7.60. The molecule has 0 radical (unpaired) electrons. The maximum absolute atomic E-state index is 11.5. The van der Waals surface area contributed by atoms with Gasteiger partial charge in [0.1, 0.15) is 30.8 Å². The Labute approximate surface area is 188 Å². The van der Waals surface area contributed by atoms with E-state index in [0.717, 1.165) is 41.4 Å². The zero-order valence-electron chi connectivity index (χ0n) is 17.8. The molecule has 0 spiro atoms. The first-order valence-electron chi connectivity index (χ1n) is 10.7. The van der Waals surface area contributed by atoms with Gasteiger partial charge >= 0.3 is 0 Å². The molecule has 32 heavy (non-hydrogen) atoms. The molecule has 6 heteroatoms. The first kappa shape index (κ1) is 21.7. The molecule has 1 unspecified atom stereocenters. The second-order valence-electron chi connectivity index (χ2n) is 7.60. The normalized spacial score (nSPS) is 13.7. The highest BCUT2D eigenvalue weighted by Crippen LogP contribution is 2.30. The topological polar surface area (TPSA) is 71.1 Å². The molecule has 0 N–H and O–H groups in total. The van der Waals surface area contributed by atoms with Crippen LogP contribution in [-0.4, -0.2) is 38.4 Å². The first-order valence-corrected chi connectivity index (χ1v) is 10.7. The molecule has 0 bridgehead atoms. The molecule has 0 fully saturated rings. The van der Waals surface area contributed by atoms with Crippen molar-refractivity contribution >= 4 is 11.7 Å². The van der Waals surface area contributed by atoms with E-state index < -0.39 is 12.1 Å². The minimum absolute atomic E-state index is 0.228. The summed E-state index contributed by atoms with van der Waals surface area (Å²) >= 11 is 0. The molecular formula is C26H26NO5-. The first-order chi connectivity index (χ1) is 15.7. The van der Waals surface area contributed by atoms with E-state index in [1.807, 2.05) is 72.8 Å². The minimum atomic E-state index is -1.22. The van der Waals surface area contributed by atoms with Crippen molar-refractivity contribution in [2.75, 3.05) is 31.2 Å². The van der Waals surface area contributed by atoms with Gasteiger partial charge in [0.15, 0.2) is 0 Å². The monoisotopic (exact) mass is 432 g/mol. The van der Waals surface area contributed by atoms with Crippen molar-refractivity contribution in [1.29, 1.82) is 0 Å². The number of rotatable bonds is 10. The number of ether oxygens (including phenoxy) is 3. The van der Waals surface area contributed by atoms with Crippen molar-refractivity contribution in [2.24, 2.45) is 0 Å². The fraction of sp³-hybridized carbons (Fsp3) is 0.269. The second kappa shape index (κ2) is 10.7. The molecule has 0 amide bonds. The lowest BCUT2D eigenvalue weighted by molar-refractivity contribution is -0.317. The highest BCUT2D eigenvalue weighted by molar-refractivity contribution is 5.70. The van der Waals surface area contributed by atoms with E-state index in [1.54, 1.807) is 0 Å². The molecule has 1 atom stereocenters. The molecule has 166 valence electrons. The van der Waals surface area contributed by atoms with E-state index in [9.17, 15) is 9.90 Å². The Balaban J connectivity index is 1.27. The zero-order valence-corrected chi connectivity index (χ0v) is 17.8. The number of aliphatic carboxylic acids is 1. The maximum atomic E-state index is 11.5. The predicted octanol–water partition coefficient (Wildman–Crippen LogP) is 2.84. The van der Waals surface area contributed by atoms with Gasteiger partial charge in [-0.25, -0.2) is 0 Å². The van der Waals surface area contributed by atoms with Gasteiger partial charge in [0.05, 0.1) is 31.4 Å². The summed E-state index contributed by atoms with van der Waals surface area (Å²) in [4.78, 5) is 13.7. The number of anilines is 1. The van der Waals surface area contributed by atoms with Crippen molar-refractivity contribution in [3.63, 3.8) is 0 Å². The summed E-state index contributed by atoms with van der Waals surface area (Å²) in [6, 6.07) is 24.9. The van der Waals surface area contributed by atoms with Crippen molar-refractivity contribution in [3.05, 3.63) is 90.0 Å². The summed E-state index contributed by atoms with van der Waals surface area (Å²) in [6.07, 6.45) is -0.775. The van der Waals surface area contributed by atoms with Crippen LogP contribution in [0.5, 0.6) is 11.5 Å². The number of hydrogen-bond acceptors (Lipinski definition) is 6. The van der Waals surface area contributed by atoms with Crippen LogP contribution in [0.15, 0.2) is 78.9 Å². The molecule has 0 aromatic heterocycles. The summed E-state index contributed by atoms with van der Waals surface area (Å²) in [5.74, 6) is 0.428. The van der Waals surface area contributed by atoms with Gasteiger partial charge in [0.2, 0.25) is 0 Å². The van der Waals surface area contributed by atoms with E-state index in [0.29, 0.717) is 13.2 Å². The van der Waals surface area contributed by atoms with Gasteiger partial charge in [-0.05, 0) is 35.4 Å². The van der Waals surface area contributed by atoms with Gasteiger partial charge in [0, 0.05) is 6.42 Å². The maximum Gasteiger partial charge on any atom is 0.142 e. The Morgan fingerprint density at radius 2 is 1.72 bits per heavy atom. The Morgan fingerprint density at radius 1 is 0.969 bits per heavy atom. The van der Waals surface area contributed by atoms with E-state index in [-0.39, 0.29) is 13.0 Å². The number of carboxylic acids is 1. The predicted molar refractivity (Wildman–Crippen MR) is 120 cm³/mol. The summed E-state index contributed by atoms with van der Waals surface area (Å²) in [5.41, 5.74) is 2.86. The lowest BCUT2D eigenvalue weighted by Gasteiger charge is -2.31. The van der Waals surface area contributed by atoms with Crippen LogP contribution in [0.1, 0.15) is 11.1 Å². The quantitative estimate of drug-likeness (QED) is 0.491. The summed E-state index contributed by atoms with van der Waals surface area (Å²) < 4.78 is 17.2. The van der Waals surface area contributed by atoms with E-state index in [1.165, 1.54) is 0 Å². The van der Waals surface area contributed by atoms with Crippen molar-refractivity contribution < 1.29 is 24.1 Å². The molecule has 0 saturated heterocycles. The standard InChI is InChI=1S/C26H27NO5/c28-26(29)25(32-19-21-6-2-1-3-7-21)18-20-10-12-22(13-11-20)30-16-14-27-15-17-31-24-9-5-4-8-23(24)27/h1-13,25H,14-19H2,(H,28,29)/p-1. The van der Waals surface area contributed by atoms with Crippen LogP contribution in [0.2, 0.25) is 0 Å². The molecule has 3 aromatic rings.